The number of likely N-dealkylation sites (N-methyl/N-ethyl adjacent to an activating group) is 1. The molecule has 0 unspecified atom stereocenters. The molecule has 0 aliphatic carbocycles. The number of morpholine rings is 1. The predicted molar refractivity (Wildman–Crippen MR) is 130 cm³/mol. The summed E-state index contributed by atoms with van der Waals surface area (Å²) in [6, 6.07) is 10.5. The van der Waals surface area contributed by atoms with E-state index in [2.05, 4.69) is 33.7 Å². The number of benzene rings is 1. The van der Waals surface area contributed by atoms with Gasteiger partial charge in [0.15, 0.2) is 5.11 Å². The van der Waals surface area contributed by atoms with Gasteiger partial charge in [0.1, 0.15) is 12.2 Å². The van der Waals surface area contributed by atoms with E-state index >= 15 is 0 Å². The van der Waals surface area contributed by atoms with Crippen molar-refractivity contribution < 1.29 is 19.1 Å². The summed E-state index contributed by atoms with van der Waals surface area (Å²) in [6.07, 6.45) is 1.79. The summed E-state index contributed by atoms with van der Waals surface area (Å²) in [4.78, 5) is 29.9. The van der Waals surface area contributed by atoms with E-state index in [1.165, 1.54) is 22.6 Å². The van der Waals surface area contributed by atoms with Crippen molar-refractivity contribution in [1.29, 1.82) is 0 Å². The maximum absolute atomic E-state index is 12.8. The molecule has 2 aliphatic heterocycles. The number of thiocarbonyl (C=S) groups is 1. The Balaban J connectivity index is 1.65. The van der Waals surface area contributed by atoms with Crippen molar-refractivity contribution in [2.75, 3.05) is 51.9 Å². The van der Waals surface area contributed by atoms with Crippen LogP contribution in [0.2, 0.25) is 0 Å². The van der Waals surface area contributed by atoms with E-state index in [0.29, 0.717) is 5.70 Å². The average Bonchev–Trinajstić information content (AvgIpc) is 3.22. The van der Waals surface area contributed by atoms with Crippen LogP contribution < -0.4 is 4.90 Å². The van der Waals surface area contributed by atoms with Crippen LogP contribution in [0.1, 0.15) is 17.0 Å². The molecular weight excluding hydrogens is 440 g/mol. The fourth-order valence-corrected chi connectivity index (χ4v) is 4.50. The minimum atomic E-state index is -0.461. The minimum absolute atomic E-state index is 0.112. The number of nitrogens with zero attached hydrogens (tertiary/aromatic N) is 4. The molecule has 2 fully saturated rings. The predicted octanol–water partition coefficient (Wildman–Crippen LogP) is 2.50. The Kier molecular flexibility index (Phi) is 6.53. The fourth-order valence-electron chi connectivity index (χ4n) is 4.26. The molecule has 3 heterocycles. The lowest BCUT2D eigenvalue weighted by molar-refractivity contribution is -0.140. The Morgan fingerprint density at radius 3 is 2.42 bits per heavy atom. The van der Waals surface area contributed by atoms with Crippen LogP contribution in [0.25, 0.3) is 11.8 Å². The first-order valence-corrected chi connectivity index (χ1v) is 11.2. The van der Waals surface area contributed by atoms with Crippen molar-refractivity contribution in [3.8, 4) is 5.69 Å². The Bertz CT molecular complexity index is 1120. The van der Waals surface area contributed by atoms with Gasteiger partial charge in [-0.1, -0.05) is 0 Å². The van der Waals surface area contributed by atoms with Gasteiger partial charge in [0, 0.05) is 42.9 Å². The van der Waals surface area contributed by atoms with Crippen LogP contribution in [0.5, 0.6) is 0 Å². The van der Waals surface area contributed by atoms with Gasteiger partial charge in [-0.3, -0.25) is 14.5 Å². The summed E-state index contributed by atoms with van der Waals surface area (Å²) in [7, 11) is 2.92. The Morgan fingerprint density at radius 2 is 1.79 bits per heavy atom. The number of carbonyl (C=O) groups excluding carboxylic acids is 2. The number of ether oxygens (including phenoxy) is 2. The molecule has 174 valence electrons. The molecular formula is C24H28N4O4S. The van der Waals surface area contributed by atoms with Gasteiger partial charge in [0.05, 0.1) is 20.3 Å². The number of esters is 1. The lowest BCUT2D eigenvalue weighted by Gasteiger charge is -2.29. The van der Waals surface area contributed by atoms with Crippen molar-refractivity contribution in [3.63, 3.8) is 0 Å². The summed E-state index contributed by atoms with van der Waals surface area (Å²) in [5, 5.41) is 0.282. The zero-order valence-corrected chi connectivity index (χ0v) is 20.1. The zero-order chi connectivity index (χ0) is 23.7. The van der Waals surface area contributed by atoms with Crippen LogP contribution in [0, 0.1) is 13.8 Å². The monoisotopic (exact) mass is 468 g/mol. The zero-order valence-electron chi connectivity index (χ0n) is 19.3. The van der Waals surface area contributed by atoms with Crippen LogP contribution in [0.3, 0.4) is 0 Å². The second-order valence-corrected chi connectivity index (χ2v) is 8.48. The molecule has 1 amide bonds. The molecule has 1 aromatic heterocycles. The van der Waals surface area contributed by atoms with Gasteiger partial charge < -0.3 is 23.8 Å². The maximum Gasteiger partial charge on any atom is 0.325 e. The first-order chi connectivity index (χ1) is 15.8. The fraction of sp³-hybridized carbons (Fsp3) is 0.375. The highest BCUT2D eigenvalue weighted by molar-refractivity contribution is 7.80. The summed E-state index contributed by atoms with van der Waals surface area (Å²) in [5.74, 6) is -0.708. The quantitative estimate of drug-likeness (QED) is 0.380. The first kappa shape index (κ1) is 23.0. The molecule has 0 saturated carbocycles. The second-order valence-electron chi connectivity index (χ2n) is 8.12. The van der Waals surface area contributed by atoms with Crippen LogP contribution in [0.15, 0.2) is 36.0 Å². The molecule has 8 nitrogen and oxygen atoms in total. The smallest absolute Gasteiger partial charge is 0.325 e. The van der Waals surface area contributed by atoms with Gasteiger partial charge in [0.25, 0.3) is 5.91 Å². The average molecular weight is 469 g/mol. The number of methoxy groups -OCH3 is 1. The number of rotatable bonds is 5. The molecule has 2 saturated heterocycles. The molecule has 0 N–H and O–H groups in total. The molecule has 4 rings (SSSR count). The third kappa shape index (κ3) is 4.38. The maximum atomic E-state index is 12.8. The van der Waals surface area contributed by atoms with Crippen LogP contribution in [0.4, 0.5) is 5.69 Å². The van der Waals surface area contributed by atoms with Gasteiger partial charge in [-0.05, 0) is 68.0 Å². The Labute approximate surface area is 199 Å². The number of amides is 1. The molecule has 0 bridgehead atoms. The molecule has 0 atom stereocenters. The first-order valence-electron chi connectivity index (χ1n) is 10.8. The van der Waals surface area contributed by atoms with Crippen LogP contribution in [-0.2, 0) is 19.1 Å². The molecule has 33 heavy (non-hydrogen) atoms. The van der Waals surface area contributed by atoms with E-state index in [1.807, 2.05) is 19.9 Å². The summed E-state index contributed by atoms with van der Waals surface area (Å²) in [6.45, 7) is 7.22. The summed E-state index contributed by atoms with van der Waals surface area (Å²) < 4.78 is 12.4. The van der Waals surface area contributed by atoms with Crippen molar-refractivity contribution in [1.82, 2.24) is 14.4 Å². The lowest BCUT2D eigenvalue weighted by atomic mass is 10.2. The summed E-state index contributed by atoms with van der Waals surface area (Å²) >= 11 is 5.37. The van der Waals surface area contributed by atoms with E-state index in [-0.39, 0.29) is 17.6 Å². The highest BCUT2D eigenvalue weighted by atomic mass is 32.1. The van der Waals surface area contributed by atoms with Crippen molar-refractivity contribution in [2.24, 2.45) is 0 Å². The van der Waals surface area contributed by atoms with E-state index in [4.69, 9.17) is 21.7 Å². The number of hydrogen-bond acceptors (Lipinski definition) is 6. The van der Waals surface area contributed by atoms with Gasteiger partial charge in [0.2, 0.25) is 0 Å². The van der Waals surface area contributed by atoms with E-state index in [0.717, 1.165) is 48.9 Å². The van der Waals surface area contributed by atoms with Gasteiger partial charge in [-0.15, -0.1) is 0 Å². The van der Waals surface area contributed by atoms with Crippen LogP contribution in [-0.4, -0.2) is 78.4 Å². The SMILES string of the molecule is COC(=O)CN1C(=S)N(C)C(=O)/C1=C/c1cc(C)n(-c2ccc(N3CCOCC3)cc2)c1C. The third-order valence-corrected chi connectivity index (χ3v) is 6.59. The van der Waals surface area contributed by atoms with Crippen molar-refractivity contribution >= 4 is 41.0 Å². The topological polar surface area (TPSA) is 67.2 Å². The van der Waals surface area contributed by atoms with Crippen molar-refractivity contribution in [3.05, 3.63) is 53.0 Å². The molecule has 0 radical (unpaired) electrons. The second kappa shape index (κ2) is 9.36. The number of aryl methyl sites for hydroxylation is 1. The highest BCUT2D eigenvalue weighted by Gasteiger charge is 2.37. The number of aromatic nitrogens is 1. The Hall–Kier alpha value is -3.17. The van der Waals surface area contributed by atoms with Crippen LogP contribution >= 0.6 is 12.2 Å². The van der Waals surface area contributed by atoms with E-state index in [9.17, 15) is 9.59 Å². The molecule has 2 aliphatic rings. The van der Waals surface area contributed by atoms with E-state index < -0.39 is 5.97 Å². The van der Waals surface area contributed by atoms with E-state index in [1.54, 1.807) is 13.1 Å². The lowest BCUT2D eigenvalue weighted by Crippen LogP contribution is -2.36. The molecule has 2 aromatic rings. The van der Waals surface area contributed by atoms with Gasteiger partial charge >= 0.3 is 5.97 Å². The van der Waals surface area contributed by atoms with Gasteiger partial charge in [-0.2, -0.15) is 0 Å². The van der Waals surface area contributed by atoms with Gasteiger partial charge in [-0.25, -0.2) is 0 Å². The number of carbonyl (C=O) groups is 2. The molecule has 9 heteroatoms. The molecule has 1 aromatic carbocycles. The standard InChI is InChI=1S/C24H28N4O4S/c1-16-13-18(14-21-23(30)25(3)24(33)27(21)15-22(29)31-4)17(2)28(16)20-7-5-19(6-8-20)26-9-11-32-12-10-26/h5-8,13-14H,9-12,15H2,1-4H3/b21-14-. The highest BCUT2D eigenvalue weighted by Crippen LogP contribution is 2.28. The minimum Gasteiger partial charge on any atom is -0.468 e. The number of hydrogen-bond donors (Lipinski definition) is 0. The third-order valence-electron chi connectivity index (χ3n) is 6.09. The molecule has 0 spiro atoms. The summed E-state index contributed by atoms with van der Waals surface area (Å²) in [5.41, 5.74) is 5.50. The number of anilines is 1. The Morgan fingerprint density at radius 1 is 1.15 bits per heavy atom. The van der Waals surface area contributed by atoms with Crippen molar-refractivity contribution in [2.45, 2.75) is 13.8 Å². The normalized spacial score (nSPS) is 17.9. The largest absolute Gasteiger partial charge is 0.468 e.